The monoisotopic (exact) mass is 629 g/mol. The van der Waals surface area contributed by atoms with Crippen molar-refractivity contribution in [3.8, 4) is 0 Å². The van der Waals surface area contributed by atoms with E-state index >= 15 is 0 Å². The van der Waals surface area contributed by atoms with Gasteiger partial charge in [-0.15, -0.1) is 0 Å². The molecule has 1 aromatic heterocycles. The van der Waals surface area contributed by atoms with Crippen LogP contribution >= 0.6 is 11.8 Å². The van der Waals surface area contributed by atoms with Gasteiger partial charge < -0.3 is 20.9 Å². The number of anilines is 3. The summed E-state index contributed by atoms with van der Waals surface area (Å²) in [6, 6.07) is 12.5. The van der Waals surface area contributed by atoms with Gasteiger partial charge in [-0.05, 0) is 67.1 Å². The van der Waals surface area contributed by atoms with Gasteiger partial charge in [0.25, 0.3) is 5.91 Å². The Balaban J connectivity index is 1.64. The van der Waals surface area contributed by atoms with Crippen LogP contribution in [0.25, 0.3) is 0 Å². The summed E-state index contributed by atoms with van der Waals surface area (Å²) >= 11 is -0.454. The predicted octanol–water partition coefficient (Wildman–Crippen LogP) is 5.17. The highest BCUT2D eigenvalue weighted by Crippen LogP contribution is 2.43. The van der Waals surface area contributed by atoms with E-state index in [0.717, 1.165) is 17.0 Å². The Morgan fingerprint density at radius 2 is 1.73 bits per heavy atom. The highest BCUT2D eigenvalue weighted by molar-refractivity contribution is 8.00. The number of hydrogen-bond donors (Lipinski definition) is 3. The van der Waals surface area contributed by atoms with E-state index in [1.54, 1.807) is 70.4 Å². The third-order valence-corrected chi connectivity index (χ3v) is 7.58. The summed E-state index contributed by atoms with van der Waals surface area (Å²) in [6.07, 6.45) is 1.44. The number of nitrogens with zero attached hydrogens (tertiary/aromatic N) is 4. The highest BCUT2D eigenvalue weighted by Gasteiger charge is 2.52. The van der Waals surface area contributed by atoms with Gasteiger partial charge in [-0.1, -0.05) is 30.3 Å². The first-order valence-corrected chi connectivity index (χ1v) is 14.0. The van der Waals surface area contributed by atoms with Crippen molar-refractivity contribution in [3.63, 3.8) is 0 Å². The summed E-state index contributed by atoms with van der Waals surface area (Å²) in [7, 11) is 3.13. The van der Waals surface area contributed by atoms with Crippen LogP contribution in [0, 0.1) is 0 Å². The molecule has 0 unspecified atom stereocenters. The number of carbonyl (C=O) groups excluding carboxylic acids is 4. The molecule has 3 aromatic rings. The molecular formula is C29H30F3N7O4S. The molecule has 11 nitrogen and oxygen atoms in total. The number of nitrogens with one attached hydrogen (secondary N) is 2. The number of nitrogens with two attached hydrogens (primary N) is 1. The topological polar surface area (TPSA) is 141 Å². The number of urea groups is 2. The van der Waals surface area contributed by atoms with E-state index in [2.05, 4.69) is 15.6 Å². The molecule has 4 rings (SSSR count). The number of thioether (sulfide) groups is 1. The van der Waals surface area contributed by atoms with Crippen molar-refractivity contribution in [3.05, 3.63) is 78.0 Å². The van der Waals surface area contributed by atoms with Crippen molar-refractivity contribution in [1.29, 1.82) is 0 Å². The molecule has 0 bridgehead atoms. The second-order valence-corrected chi connectivity index (χ2v) is 11.7. The number of rotatable bonds is 8. The van der Waals surface area contributed by atoms with Gasteiger partial charge in [-0.2, -0.15) is 13.2 Å². The number of hydrogen-bond acceptors (Lipinski definition) is 7. The van der Waals surface area contributed by atoms with Crippen LogP contribution < -0.4 is 21.3 Å². The van der Waals surface area contributed by atoms with Crippen molar-refractivity contribution < 1.29 is 32.3 Å². The van der Waals surface area contributed by atoms with Crippen LogP contribution in [-0.4, -0.2) is 63.8 Å². The molecule has 4 N–H and O–H groups in total. The molecular weight excluding hydrogens is 599 g/mol. The van der Waals surface area contributed by atoms with Crippen molar-refractivity contribution in [2.45, 2.75) is 42.4 Å². The van der Waals surface area contributed by atoms with Gasteiger partial charge in [0.15, 0.2) is 0 Å². The Morgan fingerprint density at radius 1 is 1.05 bits per heavy atom. The molecule has 2 aromatic carbocycles. The van der Waals surface area contributed by atoms with E-state index in [9.17, 15) is 32.3 Å². The Kier molecular flexibility index (Phi) is 9.20. The molecule has 2 heterocycles. The van der Waals surface area contributed by atoms with Crippen LogP contribution in [0.5, 0.6) is 0 Å². The SMILES string of the molecule is CN(C)C(=O)Nc1cc(CN2C(=O)N(c3ccc(SC(F)(F)F)c(NC(=O)[C@H](N)c4ccccc4)c3)C(=O)C2(C)C)ccn1. The molecule has 1 atom stereocenters. The van der Waals surface area contributed by atoms with Crippen LogP contribution in [0.3, 0.4) is 0 Å². The average Bonchev–Trinajstić information content (AvgIpc) is 3.12. The maximum absolute atomic E-state index is 13.7. The summed E-state index contributed by atoms with van der Waals surface area (Å²) in [5, 5.41) is 5.05. The molecule has 1 fully saturated rings. The third-order valence-electron chi connectivity index (χ3n) is 6.78. The van der Waals surface area contributed by atoms with E-state index < -0.39 is 52.7 Å². The van der Waals surface area contributed by atoms with Crippen molar-refractivity contribution in [1.82, 2.24) is 14.8 Å². The highest BCUT2D eigenvalue weighted by atomic mass is 32.2. The number of benzene rings is 2. The van der Waals surface area contributed by atoms with E-state index in [1.807, 2.05) is 0 Å². The maximum atomic E-state index is 13.7. The Morgan fingerprint density at radius 3 is 2.36 bits per heavy atom. The van der Waals surface area contributed by atoms with Gasteiger partial charge in [0.05, 0.1) is 11.4 Å². The second-order valence-electron chi connectivity index (χ2n) is 10.5. The fraction of sp³-hybridized carbons (Fsp3) is 0.276. The number of pyridine rings is 1. The average molecular weight is 630 g/mol. The Labute approximate surface area is 255 Å². The number of halogens is 3. The van der Waals surface area contributed by atoms with Gasteiger partial charge in [0.1, 0.15) is 17.4 Å². The first-order chi connectivity index (χ1) is 20.6. The zero-order chi connectivity index (χ0) is 32.4. The van der Waals surface area contributed by atoms with Crippen LogP contribution in [0.15, 0.2) is 71.8 Å². The number of amides is 6. The summed E-state index contributed by atoms with van der Waals surface area (Å²) in [6.45, 7) is 3.04. The van der Waals surface area contributed by atoms with Crippen molar-refractivity contribution >= 4 is 52.8 Å². The second kappa shape index (κ2) is 12.5. The molecule has 44 heavy (non-hydrogen) atoms. The third kappa shape index (κ3) is 7.11. The minimum absolute atomic E-state index is 0.0423. The summed E-state index contributed by atoms with van der Waals surface area (Å²) in [4.78, 5) is 59.5. The Bertz CT molecular complexity index is 1580. The largest absolute Gasteiger partial charge is 0.446 e. The zero-order valence-electron chi connectivity index (χ0n) is 24.2. The van der Waals surface area contributed by atoms with Gasteiger partial charge in [0.2, 0.25) is 5.91 Å². The van der Waals surface area contributed by atoms with Gasteiger partial charge in [-0.25, -0.2) is 19.5 Å². The fourth-order valence-corrected chi connectivity index (χ4v) is 4.97. The fourth-order valence-electron chi connectivity index (χ4n) is 4.36. The molecule has 6 amide bonds. The molecule has 0 radical (unpaired) electrons. The number of imide groups is 1. The van der Waals surface area contributed by atoms with E-state index in [4.69, 9.17) is 5.73 Å². The first-order valence-electron chi connectivity index (χ1n) is 13.2. The van der Waals surface area contributed by atoms with Gasteiger partial charge >= 0.3 is 17.6 Å². The Hall–Kier alpha value is -4.63. The predicted molar refractivity (Wildman–Crippen MR) is 160 cm³/mol. The smallest absolute Gasteiger partial charge is 0.331 e. The standard InChI is InChI=1S/C29H30F3N7O4S/c1-28(2)25(41)39(27(43)38(28)16-17-12-13-34-22(14-17)36-26(42)37(3)4)19-10-11-21(44-29(30,31)32)20(15-19)35-24(40)23(33)18-8-6-5-7-9-18/h5-15,23H,16,33H2,1-4H3,(H,35,40)(H,34,36,42)/t23-/m1/s1. The lowest BCUT2D eigenvalue weighted by Crippen LogP contribution is -2.43. The zero-order valence-corrected chi connectivity index (χ0v) is 25.0. The maximum Gasteiger partial charge on any atom is 0.446 e. The lowest BCUT2D eigenvalue weighted by molar-refractivity contribution is -0.123. The molecule has 0 spiro atoms. The molecule has 1 aliphatic rings. The summed E-state index contributed by atoms with van der Waals surface area (Å²) in [5.74, 6) is -1.18. The normalized spacial score (nSPS) is 15.3. The molecule has 1 aliphatic heterocycles. The molecule has 15 heteroatoms. The van der Waals surface area contributed by atoms with Crippen LogP contribution in [0.2, 0.25) is 0 Å². The van der Waals surface area contributed by atoms with E-state index in [0.29, 0.717) is 11.1 Å². The molecule has 0 aliphatic carbocycles. The van der Waals surface area contributed by atoms with E-state index in [1.165, 1.54) is 22.1 Å². The van der Waals surface area contributed by atoms with Crippen LogP contribution in [-0.2, 0) is 16.1 Å². The first kappa shape index (κ1) is 32.3. The minimum atomic E-state index is -4.68. The molecule has 0 saturated carbocycles. The quantitative estimate of drug-likeness (QED) is 0.231. The van der Waals surface area contributed by atoms with Crippen LogP contribution in [0.4, 0.5) is 40.0 Å². The van der Waals surface area contributed by atoms with Crippen molar-refractivity contribution in [2.24, 2.45) is 5.73 Å². The van der Waals surface area contributed by atoms with Gasteiger partial charge in [-0.3, -0.25) is 14.9 Å². The number of alkyl halides is 3. The van der Waals surface area contributed by atoms with Crippen molar-refractivity contribution in [2.75, 3.05) is 29.6 Å². The van der Waals surface area contributed by atoms with E-state index in [-0.39, 0.29) is 28.6 Å². The summed E-state index contributed by atoms with van der Waals surface area (Å²) < 4.78 is 40.1. The van der Waals surface area contributed by atoms with Crippen LogP contribution in [0.1, 0.15) is 31.0 Å². The summed E-state index contributed by atoms with van der Waals surface area (Å²) in [5.41, 5.74) is 0.698. The number of carbonyl (C=O) groups is 4. The molecule has 232 valence electrons. The molecule has 1 saturated heterocycles. The lowest BCUT2D eigenvalue weighted by atomic mass is 10.0. The number of aromatic nitrogens is 1. The minimum Gasteiger partial charge on any atom is -0.331 e. The lowest BCUT2D eigenvalue weighted by Gasteiger charge is -2.27. The van der Waals surface area contributed by atoms with Gasteiger partial charge in [0, 0.05) is 31.7 Å².